The average Bonchev–Trinajstić information content (AvgIpc) is 2.89. The fraction of sp³-hybridized carbons (Fsp3) is 0.765. The van der Waals surface area contributed by atoms with Crippen LogP contribution in [0.5, 0.6) is 0 Å². The zero-order valence-electron chi connectivity index (χ0n) is 13.7. The van der Waals surface area contributed by atoms with Gasteiger partial charge < -0.3 is 9.67 Å². The van der Waals surface area contributed by atoms with E-state index in [2.05, 4.69) is 29.5 Å². The second kappa shape index (κ2) is 6.41. The van der Waals surface area contributed by atoms with Gasteiger partial charge in [-0.3, -0.25) is 9.69 Å². The van der Waals surface area contributed by atoms with Crippen LogP contribution in [-0.4, -0.2) is 44.2 Å². The number of aliphatic carboxylic acids is 1. The molecule has 5 nitrogen and oxygen atoms in total. The number of piperidine rings is 1. The smallest absolute Gasteiger partial charge is 0.314 e. The maximum absolute atomic E-state index is 11.4. The first-order valence-corrected chi connectivity index (χ1v) is 8.60. The van der Waals surface area contributed by atoms with Crippen molar-refractivity contribution in [2.24, 2.45) is 0 Å². The van der Waals surface area contributed by atoms with Crippen LogP contribution in [-0.2, 0) is 17.8 Å². The normalized spacial score (nSPS) is 26.1. The molecule has 0 aromatic carbocycles. The summed E-state index contributed by atoms with van der Waals surface area (Å²) in [6, 6.07) is 1.11. The van der Waals surface area contributed by atoms with Gasteiger partial charge in [-0.1, -0.05) is 6.42 Å². The summed E-state index contributed by atoms with van der Waals surface area (Å²) in [5.41, 5.74) is 1.07. The molecule has 5 heteroatoms. The number of fused-ring (bicyclic) bond motifs is 1. The van der Waals surface area contributed by atoms with Gasteiger partial charge in [0.05, 0.1) is 5.69 Å². The molecule has 0 spiro atoms. The molecule has 122 valence electrons. The monoisotopic (exact) mass is 305 g/mol. The van der Waals surface area contributed by atoms with E-state index in [0.717, 1.165) is 30.9 Å². The summed E-state index contributed by atoms with van der Waals surface area (Å²) in [5, 5.41) is 9.37. The number of aromatic nitrogens is 2. The summed E-state index contributed by atoms with van der Waals surface area (Å²) < 4.78 is 2.07. The number of carbonyl (C=O) groups is 1. The number of nitrogens with zero attached hydrogens (tertiary/aromatic N) is 3. The summed E-state index contributed by atoms with van der Waals surface area (Å²) >= 11 is 0. The van der Waals surface area contributed by atoms with Crippen molar-refractivity contribution >= 4 is 5.97 Å². The predicted octanol–water partition coefficient (Wildman–Crippen LogP) is 2.65. The number of carboxylic acids is 1. The van der Waals surface area contributed by atoms with Gasteiger partial charge in [0.15, 0.2) is 0 Å². The van der Waals surface area contributed by atoms with Crippen molar-refractivity contribution in [1.29, 1.82) is 0 Å². The highest BCUT2D eigenvalue weighted by Crippen LogP contribution is 2.28. The highest BCUT2D eigenvalue weighted by atomic mass is 16.4. The van der Waals surface area contributed by atoms with Crippen molar-refractivity contribution < 1.29 is 9.90 Å². The zero-order chi connectivity index (χ0) is 15.7. The molecule has 3 rings (SSSR count). The SMILES string of the molecule is CC(C)N1CCCCC1Cc1cn2c(n1)C(C(=O)O)CCC2. The van der Waals surface area contributed by atoms with Gasteiger partial charge in [-0.05, 0) is 46.1 Å². The van der Waals surface area contributed by atoms with Crippen LogP contribution in [0.2, 0.25) is 0 Å². The topological polar surface area (TPSA) is 58.4 Å². The number of likely N-dealkylation sites (tertiary alicyclic amines) is 1. The third-order valence-electron chi connectivity index (χ3n) is 5.14. The quantitative estimate of drug-likeness (QED) is 0.929. The molecular formula is C17H27N3O2. The van der Waals surface area contributed by atoms with Crippen LogP contribution in [0.4, 0.5) is 0 Å². The fourth-order valence-electron chi connectivity index (χ4n) is 4.03. The van der Waals surface area contributed by atoms with Crippen molar-refractivity contribution in [3.63, 3.8) is 0 Å². The molecule has 1 aromatic rings. The van der Waals surface area contributed by atoms with Crippen molar-refractivity contribution in [3.8, 4) is 0 Å². The molecule has 1 aromatic heterocycles. The van der Waals surface area contributed by atoms with Crippen LogP contribution in [0.15, 0.2) is 6.20 Å². The van der Waals surface area contributed by atoms with Gasteiger partial charge in [-0.25, -0.2) is 4.98 Å². The molecule has 0 saturated carbocycles. The van der Waals surface area contributed by atoms with Crippen molar-refractivity contribution in [2.75, 3.05) is 6.54 Å². The summed E-state index contributed by atoms with van der Waals surface area (Å²) in [6.45, 7) is 6.60. The van der Waals surface area contributed by atoms with E-state index < -0.39 is 11.9 Å². The lowest BCUT2D eigenvalue weighted by atomic mass is 9.96. The first-order valence-electron chi connectivity index (χ1n) is 8.60. The van der Waals surface area contributed by atoms with Crippen LogP contribution in [0.25, 0.3) is 0 Å². The molecule has 0 amide bonds. The first-order chi connectivity index (χ1) is 10.6. The number of carboxylic acid groups (broad SMARTS) is 1. The third kappa shape index (κ3) is 3.05. The molecule has 2 unspecified atom stereocenters. The van der Waals surface area contributed by atoms with E-state index in [0.29, 0.717) is 18.5 Å². The van der Waals surface area contributed by atoms with E-state index in [1.807, 2.05) is 0 Å². The van der Waals surface area contributed by atoms with Crippen LogP contribution in [0.1, 0.15) is 63.4 Å². The maximum atomic E-state index is 11.4. The van der Waals surface area contributed by atoms with E-state index in [1.165, 1.54) is 25.8 Å². The number of imidazole rings is 1. The van der Waals surface area contributed by atoms with Crippen LogP contribution < -0.4 is 0 Å². The molecule has 0 aliphatic carbocycles. The Morgan fingerprint density at radius 1 is 1.32 bits per heavy atom. The zero-order valence-corrected chi connectivity index (χ0v) is 13.7. The third-order valence-corrected chi connectivity index (χ3v) is 5.14. The molecule has 2 aliphatic heterocycles. The minimum atomic E-state index is -0.737. The van der Waals surface area contributed by atoms with Crippen LogP contribution in [0.3, 0.4) is 0 Å². The Hall–Kier alpha value is -1.36. The summed E-state index contributed by atoms with van der Waals surface area (Å²) in [6.07, 6.45) is 8.49. The molecule has 2 aliphatic rings. The molecule has 0 bridgehead atoms. The van der Waals surface area contributed by atoms with E-state index >= 15 is 0 Å². The lowest BCUT2D eigenvalue weighted by Gasteiger charge is -2.38. The Morgan fingerprint density at radius 3 is 2.86 bits per heavy atom. The van der Waals surface area contributed by atoms with Gasteiger partial charge in [0.25, 0.3) is 0 Å². The maximum Gasteiger partial charge on any atom is 0.314 e. The molecule has 1 fully saturated rings. The average molecular weight is 305 g/mol. The molecule has 3 heterocycles. The number of hydrogen-bond donors (Lipinski definition) is 1. The Balaban J connectivity index is 1.77. The molecule has 1 saturated heterocycles. The lowest BCUT2D eigenvalue weighted by molar-refractivity contribution is -0.139. The number of hydrogen-bond acceptors (Lipinski definition) is 3. The van der Waals surface area contributed by atoms with Crippen molar-refractivity contribution in [3.05, 3.63) is 17.7 Å². The summed E-state index contributed by atoms with van der Waals surface area (Å²) in [5.74, 6) is -0.393. The first kappa shape index (κ1) is 15.5. The lowest BCUT2D eigenvalue weighted by Crippen LogP contribution is -2.45. The van der Waals surface area contributed by atoms with Gasteiger partial charge in [-0.2, -0.15) is 0 Å². The molecule has 22 heavy (non-hydrogen) atoms. The second-order valence-electron chi connectivity index (χ2n) is 7.00. The number of aryl methyl sites for hydroxylation is 1. The number of rotatable bonds is 4. The van der Waals surface area contributed by atoms with Crippen LogP contribution >= 0.6 is 0 Å². The molecule has 0 radical (unpaired) electrons. The fourth-order valence-corrected chi connectivity index (χ4v) is 4.03. The summed E-state index contributed by atoms with van der Waals surface area (Å²) in [7, 11) is 0. The summed E-state index contributed by atoms with van der Waals surface area (Å²) in [4.78, 5) is 18.7. The molecule has 1 N–H and O–H groups in total. The molecular weight excluding hydrogens is 278 g/mol. The van der Waals surface area contributed by atoms with E-state index in [-0.39, 0.29) is 0 Å². The van der Waals surface area contributed by atoms with Crippen molar-refractivity contribution in [1.82, 2.24) is 14.5 Å². The van der Waals surface area contributed by atoms with Crippen LogP contribution in [0, 0.1) is 0 Å². The van der Waals surface area contributed by atoms with Gasteiger partial charge in [0, 0.05) is 31.2 Å². The minimum Gasteiger partial charge on any atom is -0.481 e. The second-order valence-corrected chi connectivity index (χ2v) is 7.00. The Bertz CT molecular complexity index is 538. The van der Waals surface area contributed by atoms with Gasteiger partial charge in [0.2, 0.25) is 0 Å². The van der Waals surface area contributed by atoms with Gasteiger partial charge >= 0.3 is 5.97 Å². The van der Waals surface area contributed by atoms with Gasteiger partial charge in [0.1, 0.15) is 11.7 Å². The highest BCUT2D eigenvalue weighted by Gasteiger charge is 2.30. The van der Waals surface area contributed by atoms with Gasteiger partial charge in [-0.15, -0.1) is 0 Å². The van der Waals surface area contributed by atoms with Crippen molar-refractivity contribution in [2.45, 2.75) is 76.9 Å². The Kier molecular flexibility index (Phi) is 4.52. The Morgan fingerprint density at radius 2 is 2.14 bits per heavy atom. The Labute approximate surface area is 132 Å². The van der Waals surface area contributed by atoms with E-state index in [4.69, 9.17) is 4.98 Å². The van der Waals surface area contributed by atoms with E-state index in [1.54, 1.807) is 0 Å². The van der Waals surface area contributed by atoms with E-state index in [9.17, 15) is 9.90 Å². The largest absolute Gasteiger partial charge is 0.481 e. The minimum absolute atomic E-state index is 0.421. The molecule has 2 atom stereocenters. The highest BCUT2D eigenvalue weighted by molar-refractivity contribution is 5.75. The predicted molar refractivity (Wildman–Crippen MR) is 85.0 cm³/mol. The standard InChI is InChI=1S/C17H27N3O2/c1-12(2)20-9-4-3-6-14(20)10-13-11-19-8-5-7-15(17(21)22)16(19)18-13/h11-12,14-15H,3-10H2,1-2H3,(H,21,22).